The molecule has 0 unspecified atom stereocenters. The SMILES string of the molecule is CCCc1cc(=O)oc2cc(C)cc(O[C@@H](C)C(=O)NCCCn3ccnc3)c12. The van der Waals surface area contributed by atoms with Gasteiger partial charge in [-0.3, -0.25) is 4.79 Å². The molecule has 7 nitrogen and oxygen atoms in total. The molecular formula is C22H27N3O4. The number of benzene rings is 1. The molecule has 0 aliphatic rings. The molecule has 1 aromatic carbocycles. The highest BCUT2D eigenvalue weighted by molar-refractivity contribution is 5.88. The summed E-state index contributed by atoms with van der Waals surface area (Å²) in [6.07, 6.45) is 7.12. The van der Waals surface area contributed by atoms with Gasteiger partial charge < -0.3 is 19.0 Å². The lowest BCUT2D eigenvalue weighted by Crippen LogP contribution is -2.37. The van der Waals surface area contributed by atoms with Gasteiger partial charge in [0.2, 0.25) is 0 Å². The molecule has 3 rings (SSSR count). The highest BCUT2D eigenvalue weighted by Gasteiger charge is 2.18. The van der Waals surface area contributed by atoms with Crippen molar-refractivity contribution >= 4 is 16.9 Å². The molecule has 0 spiro atoms. The number of fused-ring (bicyclic) bond motifs is 1. The largest absolute Gasteiger partial charge is 0.480 e. The van der Waals surface area contributed by atoms with Gasteiger partial charge in [0.15, 0.2) is 6.10 Å². The van der Waals surface area contributed by atoms with E-state index < -0.39 is 6.10 Å². The van der Waals surface area contributed by atoms with E-state index in [0.29, 0.717) is 17.9 Å². The first-order valence-electron chi connectivity index (χ1n) is 9.95. The van der Waals surface area contributed by atoms with Gasteiger partial charge in [-0.2, -0.15) is 0 Å². The Kier molecular flexibility index (Phi) is 6.69. The lowest BCUT2D eigenvalue weighted by molar-refractivity contribution is -0.127. The third-order valence-corrected chi connectivity index (χ3v) is 4.68. The third kappa shape index (κ3) is 5.25. The quantitative estimate of drug-likeness (QED) is 0.443. The summed E-state index contributed by atoms with van der Waals surface area (Å²) in [7, 11) is 0. The number of nitrogens with zero attached hydrogens (tertiary/aromatic N) is 2. The van der Waals surface area contributed by atoms with Crippen molar-refractivity contribution in [3.63, 3.8) is 0 Å². The van der Waals surface area contributed by atoms with Crippen molar-refractivity contribution in [2.24, 2.45) is 0 Å². The normalized spacial score (nSPS) is 12.1. The van der Waals surface area contributed by atoms with Crippen LogP contribution in [0.3, 0.4) is 0 Å². The molecule has 29 heavy (non-hydrogen) atoms. The Hall–Kier alpha value is -3.09. The fraction of sp³-hybridized carbons (Fsp3) is 0.409. The van der Waals surface area contributed by atoms with Gasteiger partial charge in [-0.25, -0.2) is 9.78 Å². The summed E-state index contributed by atoms with van der Waals surface area (Å²) in [6.45, 7) is 7.01. The first kappa shape index (κ1) is 20.6. The van der Waals surface area contributed by atoms with Crippen molar-refractivity contribution in [2.45, 2.75) is 52.7 Å². The van der Waals surface area contributed by atoms with Crippen LogP contribution < -0.4 is 15.7 Å². The second-order valence-corrected chi connectivity index (χ2v) is 7.18. The summed E-state index contributed by atoms with van der Waals surface area (Å²) in [5.74, 6) is 0.382. The molecule has 0 bridgehead atoms. The van der Waals surface area contributed by atoms with Gasteiger partial charge in [-0.05, 0) is 49.9 Å². The molecule has 0 fully saturated rings. The second kappa shape index (κ2) is 9.41. The number of carbonyl (C=O) groups is 1. The molecule has 0 aliphatic carbocycles. The van der Waals surface area contributed by atoms with Crippen LogP contribution in [0, 0.1) is 6.92 Å². The molecule has 1 amide bonds. The molecule has 0 radical (unpaired) electrons. The average Bonchev–Trinajstić information content (AvgIpc) is 3.18. The van der Waals surface area contributed by atoms with Gasteiger partial charge in [0.25, 0.3) is 5.91 Å². The van der Waals surface area contributed by atoms with Crippen molar-refractivity contribution in [1.29, 1.82) is 0 Å². The average molecular weight is 397 g/mol. The predicted octanol–water partition coefficient (Wildman–Crippen LogP) is 3.22. The van der Waals surface area contributed by atoms with E-state index in [2.05, 4.69) is 17.2 Å². The van der Waals surface area contributed by atoms with Crippen molar-refractivity contribution in [3.8, 4) is 5.75 Å². The lowest BCUT2D eigenvalue weighted by atomic mass is 10.0. The molecule has 0 saturated heterocycles. The van der Waals surface area contributed by atoms with Crippen molar-refractivity contribution in [2.75, 3.05) is 6.54 Å². The summed E-state index contributed by atoms with van der Waals surface area (Å²) < 4.78 is 13.4. The van der Waals surface area contributed by atoms with E-state index in [1.54, 1.807) is 19.4 Å². The minimum atomic E-state index is -0.672. The third-order valence-electron chi connectivity index (χ3n) is 4.68. The maximum absolute atomic E-state index is 12.5. The number of aromatic nitrogens is 2. The van der Waals surface area contributed by atoms with Gasteiger partial charge >= 0.3 is 5.63 Å². The van der Waals surface area contributed by atoms with Crippen LogP contribution in [0.4, 0.5) is 0 Å². The first-order chi connectivity index (χ1) is 14.0. The van der Waals surface area contributed by atoms with E-state index >= 15 is 0 Å². The van der Waals surface area contributed by atoms with Crippen molar-refractivity contribution in [1.82, 2.24) is 14.9 Å². The molecule has 1 atom stereocenters. The van der Waals surface area contributed by atoms with Crippen LogP contribution in [0.25, 0.3) is 11.0 Å². The van der Waals surface area contributed by atoms with Gasteiger partial charge in [0.05, 0.1) is 11.7 Å². The topological polar surface area (TPSA) is 86.4 Å². The second-order valence-electron chi connectivity index (χ2n) is 7.18. The number of rotatable bonds is 9. The number of nitrogens with one attached hydrogen (secondary N) is 1. The number of aryl methyl sites for hydroxylation is 3. The van der Waals surface area contributed by atoms with Crippen LogP contribution in [0.5, 0.6) is 5.75 Å². The Labute approximate surface area is 169 Å². The van der Waals surface area contributed by atoms with E-state index in [4.69, 9.17) is 9.15 Å². The Morgan fingerprint density at radius 1 is 1.34 bits per heavy atom. The number of hydrogen-bond acceptors (Lipinski definition) is 5. The Morgan fingerprint density at radius 2 is 2.17 bits per heavy atom. The van der Waals surface area contributed by atoms with Crippen LogP contribution in [-0.4, -0.2) is 28.1 Å². The zero-order valence-electron chi connectivity index (χ0n) is 17.1. The van der Waals surface area contributed by atoms with Crippen LogP contribution in [0.1, 0.15) is 37.8 Å². The van der Waals surface area contributed by atoms with Crippen LogP contribution in [0.15, 0.2) is 46.1 Å². The van der Waals surface area contributed by atoms with E-state index in [1.807, 2.05) is 29.8 Å². The summed E-state index contributed by atoms with van der Waals surface area (Å²) >= 11 is 0. The van der Waals surface area contributed by atoms with E-state index in [0.717, 1.165) is 42.3 Å². The number of hydrogen-bond donors (Lipinski definition) is 1. The maximum Gasteiger partial charge on any atom is 0.336 e. The first-order valence-corrected chi connectivity index (χ1v) is 9.95. The summed E-state index contributed by atoms with van der Waals surface area (Å²) in [5.41, 5.74) is 1.89. The zero-order chi connectivity index (χ0) is 20.8. The smallest absolute Gasteiger partial charge is 0.336 e. The molecule has 154 valence electrons. The predicted molar refractivity (Wildman–Crippen MR) is 111 cm³/mol. The minimum absolute atomic E-state index is 0.181. The fourth-order valence-electron chi connectivity index (χ4n) is 3.31. The highest BCUT2D eigenvalue weighted by atomic mass is 16.5. The molecule has 0 aliphatic heterocycles. The Bertz CT molecular complexity index is 1020. The Balaban J connectivity index is 1.70. The van der Waals surface area contributed by atoms with Gasteiger partial charge in [-0.15, -0.1) is 0 Å². The molecule has 2 heterocycles. The lowest BCUT2D eigenvalue weighted by Gasteiger charge is -2.18. The van der Waals surface area contributed by atoms with Gasteiger partial charge in [0, 0.05) is 31.5 Å². The minimum Gasteiger partial charge on any atom is -0.480 e. The van der Waals surface area contributed by atoms with E-state index in [-0.39, 0.29) is 11.5 Å². The zero-order valence-corrected chi connectivity index (χ0v) is 17.1. The number of ether oxygens (including phenoxy) is 1. The number of carbonyl (C=O) groups excluding carboxylic acids is 1. The standard InChI is InChI=1S/C22H27N3O4/c1-4-6-17-13-20(26)29-19-12-15(2)11-18(21(17)19)28-16(3)22(27)24-7-5-9-25-10-8-23-14-25/h8,10-14,16H,4-7,9H2,1-3H3,(H,24,27)/t16-/m0/s1. The van der Waals surface area contributed by atoms with E-state index in [9.17, 15) is 9.59 Å². The van der Waals surface area contributed by atoms with Crippen LogP contribution in [0.2, 0.25) is 0 Å². The molecule has 2 aromatic heterocycles. The molecule has 7 heteroatoms. The fourth-order valence-corrected chi connectivity index (χ4v) is 3.31. The highest BCUT2D eigenvalue weighted by Crippen LogP contribution is 2.31. The Morgan fingerprint density at radius 3 is 2.90 bits per heavy atom. The molecule has 0 saturated carbocycles. The monoisotopic (exact) mass is 397 g/mol. The van der Waals surface area contributed by atoms with Gasteiger partial charge in [0.1, 0.15) is 11.3 Å². The van der Waals surface area contributed by atoms with Crippen molar-refractivity contribution < 1.29 is 13.9 Å². The maximum atomic E-state index is 12.5. The number of amides is 1. The van der Waals surface area contributed by atoms with Crippen LogP contribution >= 0.6 is 0 Å². The van der Waals surface area contributed by atoms with Crippen LogP contribution in [-0.2, 0) is 17.8 Å². The molecular weight excluding hydrogens is 370 g/mol. The summed E-state index contributed by atoms with van der Waals surface area (Å²) in [5, 5.41) is 3.67. The summed E-state index contributed by atoms with van der Waals surface area (Å²) in [6, 6.07) is 5.21. The molecule has 1 N–H and O–H groups in total. The molecule has 3 aromatic rings. The van der Waals surface area contributed by atoms with Crippen molar-refractivity contribution in [3.05, 3.63) is 58.5 Å². The number of imidazole rings is 1. The summed E-state index contributed by atoms with van der Waals surface area (Å²) in [4.78, 5) is 28.3. The van der Waals surface area contributed by atoms with E-state index in [1.165, 1.54) is 6.07 Å². The van der Waals surface area contributed by atoms with Gasteiger partial charge in [-0.1, -0.05) is 13.3 Å².